The maximum Gasteiger partial charge on any atom is 0.253 e. The first kappa shape index (κ1) is 17.2. The van der Waals surface area contributed by atoms with Crippen molar-refractivity contribution in [2.24, 2.45) is 0 Å². The van der Waals surface area contributed by atoms with Crippen LogP contribution in [-0.2, 0) is 6.54 Å². The van der Waals surface area contributed by atoms with Crippen LogP contribution < -0.4 is 5.32 Å². The van der Waals surface area contributed by atoms with Gasteiger partial charge in [-0.2, -0.15) is 5.10 Å². The molecule has 0 atom stereocenters. The first-order valence-corrected chi connectivity index (χ1v) is 8.35. The number of amides is 1. The summed E-state index contributed by atoms with van der Waals surface area (Å²) >= 11 is 5.86. The number of nitrogens with zero attached hydrogens (tertiary/aromatic N) is 3. The third-order valence-electron chi connectivity index (χ3n) is 4.25. The van der Waals surface area contributed by atoms with E-state index in [1.54, 1.807) is 35.1 Å². The summed E-state index contributed by atoms with van der Waals surface area (Å²) in [6.45, 7) is 6.45. The molecule has 1 amide bonds. The molecule has 6 heteroatoms. The van der Waals surface area contributed by atoms with Gasteiger partial charge in [0.1, 0.15) is 0 Å². The van der Waals surface area contributed by atoms with Crippen LogP contribution in [0.4, 0.5) is 0 Å². The number of halogens is 1. The van der Waals surface area contributed by atoms with E-state index in [1.165, 1.54) is 0 Å². The lowest BCUT2D eigenvalue weighted by Gasteiger charge is -2.07. The summed E-state index contributed by atoms with van der Waals surface area (Å²) in [5, 5.41) is 8.03. The quantitative estimate of drug-likeness (QED) is 0.775. The Balaban J connectivity index is 1.70. The molecule has 0 radical (unpaired) electrons. The molecule has 2 aromatic heterocycles. The van der Waals surface area contributed by atoms with Crippen molar-refractivity contribution in [2.75, 3.05) is 0 Å². The number of hydrogen-bond acceptors (Lipinski definition) is 3. The van der Waals surface area contributed by atoms with Crippen molar-refractivity contribution < 1.29 is 4.79 Å². The fraction of sp³-hybridized carbons (Fsp3) is 0.211. The maximum absolute atomic E-state index is 12.3. The molecule has 5 nitrogen and oxygen atoms in total. The van der Waals surface area contributed by atoms with E-state index in [2.05, 4.69) is 15.4 Å². The summed E-state index contributed by atoms with van der Waals surface area (Å²) in [5.74, 6) is 0.529. The number of rotatable bonds is 4. The van der Waals surface area contributed by atoms with Crippen LogP contribution in [0.5, 0.6) is 0 Å². The predicted octanol–water partition coefficient (Wildman–Crippen LogP) is 3.78. The number of benzene rings is 1. The standard InChI is InChI=1S/C19H19ClN4O/c1-12-13(2)23-24(14(12)3)18-9-6-16(11-21-18)19(25)22-10-15-4-7-17(20)8-5-15/h4-9,11H,10H2,1-3H3,(H,22,25). The van der Waals surface area contributed by atoms with Crippen LogP contribution >= 0.6 is 11.6 Å². The van der Waals surface area contributed by atoms with E-state index in [0.717, 1.165) is 22.5 Å². The monoisotopic (exact) mass is 354 g/mol. The average Bonchev–Trinajstić information content (AvgIpc) is 2.88. The molecule has 0 saturated heterocycles. The van der Waals surface area contributed by atoms with E-state index in [1.807, 2.05) is 32.9 Å². The Morgan fingerprint density at radius 1 is 1.12 bits per heavy atom. The van der Waals surface area contributed by atoms with Crippen LogP contribution in [0, 0.1) is 20.8 Å². The fourth-order valence-electron chi connectivity index (χ4n) is 2.48. The number of aromatic nitrogens is 3. The fourth-order valence-corrected chi connectivity index (χ4v) is 2.60. The van der Waals surface area contributed by atoms with E-state index < -0.39 is 0 Å². The molecular weight excluding hydrogens is 336 g/mol. The molecule has 1 N–H and O–H groups in total. The second-order valence-electron chi connectivity index (χ2n) is 5.92. The molecule has 0 saturated carbocycles. The highest BCUT2D eigenvalue weighted by Gasteiger charge is 2.11. The molecule has 0 aliphatic rings. The topological polar surface area (TPSA) is 59.8 Å². The van der Waals surface area contributed by atoms with E-state index >= 15 is 0 Å². The minimum absolute atomic E-state index is 0.168. The lowest BCUT2D eigenvalue weighted by molar-refractivity contribution is 0.0950. The number of hydrogen-bond donors (Lipinski definition) is 1. The third-order valence-corrected chi connectivity index (χ3v) is 4.50. The minimum atomic E-state index is -0.168. The van der Waals surface area contributed by atoms with Crippen LogP contribution in [-0.4, -0.2) is 20.7 Å². The Labute approximate surface area is 151 Å². The number of aryl methyl sites for hydroxylation is 1. The van der Waals surface area contributed by atoms with Crippen molar-refractivity contribution in [3.05, 3.63) is 75.7 Å². The maximum atomic E-state index is 12.3. The Morgan fingerprint density at radius 3 is 2.40 bits per heavy atom. The molecular formula is C19H19ClN4O. The van der Waals surface area contributed by atoms with Crippen LogP contribution in [0.2, 0.25) is 5.02 Å². The second-order valence-corrected chi connectivity index (χ2v) is 6.36. The number of carbonyl (C=O) groups is 1. The van der Waals surface area contributed by atoms with Crippen LogP contribution in [0.3, 0.4) is 0 Å². The SMILES string of the molecule is Cc1nn(-c2ccc(C(=O)NCc3ccc(Cl)cc3)cn2)c(C)c1C. The number of pyridine rings is 1. The van der Waals surface area contributed by atoms with Crippen molar-refractivity contribution in [2.45, 2.75) is 27.3 Å². The van der Waals surface area contributed by atoms with Crippen molar-refractivity contribution in [3.63, 3.8) is 0 Å². The summed E-state index contributed by atoms with van der Waals surface area (Å²) in [6.07, 6.45) is 1.57. The third kappa shape index (κ3) is 3.72. The van der Waals surface area contributed by atoms with Crippen molar-refractivity contribution in [1.82, 2.24) is 20.1 Å². The molecule has 0 aliphatic heterocycles. The summed E-state index contributed by atoms with van der Waals surface area (Å²) in [6, 6.07) is 10.9. The molecule has 128 valence electrons. The van der Waals surface area contributed by atoms with Gasteiger partial charge in [-0.25, -0.2) is 9.67 Å². The molecule has 2 heterocycles. The first-order valence-electron chi connectivity index (χ1n) is 7.97. The van der Waals surface area contributed by atoms with Crippen LogP contribution in [0.15, 0.2) is 42.6 Å². The largest absolute Gasteiger partial charge is 0.348 e. The predicted molar refractivity (Wildman–Crippen MR) is 98.2 cm³/mol. The van der Waals surface area contributed by atoms with Gasteiger partial charge in [-0.1, -0.05) is 23.7 Å². The highest BCUT2D eigenvalue weighted by molar-refractivity contribution is 6.30. The smallest absolute Gasteiger partial charge is 0.253 e. The molecule has 0 bridgehead atoms. The molecule has 3 aromatic rings. The van der Waals surface area contributed by atoms with E-state index in [0.29, 0.717) is 22.9 Å². The normalized spacial score (nSPS) is 10.7. The van der Waals surface area contributed by atoms with E-state index in [9.17, 15) is 4.79 Å². The van der Waals surface area contributed by atoms with Crippen molar-refractivity contribution >= 4 is 17.5 Å². The summed E-state index contributed by atoms with van der Waals surface area (Å²) in [5.41, 5.74) is 4.66. The zero-order valence-corrected chi connectivity index (χ0v) is 15.1. The zero-order chi connectivity index (χ0) is 18.0. The highest BCUT2D eigenvalue weighted by Crippen LogP contribution is 2.15. The van der Waals surface area contributed by atoms with Gasteiger partial charge in [-0.05, 0) is 56.2 Å². The average molecular weight is 355 g/mol. The molecule has 0 fully saturated rings. The van der Waals surface area contributed by atoms with Gasteiger partial charge >= 0.3 is 0 Å². The molecule has 0 unspecified atom stereocenters. The Hall–Kier alpha value is -2.66. The Kier molecular flexibility index (Phi) is 4.86. The van der Waals surface area contributed by atoms with Gasteiger partial charge in [0, 0.05) is 23.5 Å². The van der Waals surface area contributed by atoms with Gasteiger partial charge in [0.15, 0.2) is 5.82 Å². The number of nitrogens with one attached hydrogen (secondary N) is 1. The van der Waals surface area contributed by atoms with Crippen LogP contribution in [0.1, 0.15) is 32.9 Å². The molecule has 25 heavy (non-hydrogen) atoms. The Morgan fingerprint density at radius 2 is 1.84 bits per heavy atom. The van der Waals surface area contributed by atoms with E-state index in [4.69, 9.17) is 11.6 Å². The van der Waals surface area contributed by atoms with Gasteiger partial charge in [0.25, 0.3) is 5.91 Å². The van der Waals surface area contributed by atoms with Gasteiger partial charge in [0.2, 0.25) is 0 Å². The summed E-state index contributed by atoms with van der Waals surface area (Å²) in [4.78, 5) is 16.6. The lowest BCUT2D eigenvalue weighted by Crippen LogP contribution is -2.23. The summed E-state index contributed by atoms with van der Waals surface area (Å²) in [7, 11) is 0. The summed E-state index contributed by atoms with van der Waals surface area (Å²) < 4.78 is 1.79. The first-order chi connectivity index (χ1) is 12.0. The van der Waals surface area contributed by atoms with Gasteiger partial charge in [0.05, 0.1) is 11.3 Å². The van der Waals surface area contributed by atoms with Crippen molar-refractivity contribution in [1.29, 1.82) is 0 Å². The van der Waals surface area contributed by atoms with Gasteiger partial charge in [-0.3, -0.25) is 4.79 Å². The lowest BCUT2D eigenvalue weighted by atomic mass is 10.2. The van der Waals surface area contributed by atoms with E-state index in [-0.39, 0.29) is 5.91 Å². The van der Waals surface area contributed by atoms with Crippen molar-refractivity contribution in [3.8, 4) is 5.82 Å². The Bertz CT molecular complexity index is 898. The minimum Gasteiger partial charge on any atom is -0.348 e. The molecule has 3 rings (SSSR count). The van der Waals surface area contributed by atoms with Gasteiger partial charge < -0.3 is 5.32 Å². The number of carbonyl (C=O) groups excluding carboxylic acids is 1. The second kappa shape index (κ2) is 7.07. The van der Waals surface area contributed by atoms with Crippen LogP contribution in [0.25, 0.3) is 5.82 Å². The molecule has 1 aromatic carbocycles. The molecule has 0 spiro atoms. The van der Waals surface area contributed by atoms with Gasteiger partial charge in [-0.15, -0.1) is 0 Å². The highest BCUT2D eigenvalue weighted by atomic mass is 35.5. The molecule has 0 aliphatic carbocycles. The zero-order valence-electron chi connectivity index (χ0n) is 14.4.